The zero-order valence-electron chi connectivity index (χ0n) is 12.1. The van der Waals surface area contributed by atoms with Crippen molar-refractivity contribution in [2.45, 2.75) is 25.7 Å². The van der Waals surface area contributed by atoms with Gasteiger partial charge in [-0.3, -0.25) is 0 Å². The molecule has 1 unspecified atom stereocenters. The first kappa shape index (κ1) is 13.5. The van der Waals surface area contributed by atoms with Crippen LogP contribution in [0, 0.1) is 11.3 Å². The van der Waals surface area contributed by atoms with E-state index in [0.29, 0.717) is 0 Å². The maximum Gasteiger partial charge on any atom is 0.0753 e. The van der Waals surface area contributed by atoms with Crippen LogP contribution in [0.25, 0.3) is 10.9 Å². The Hall–Kier alpha value is -2.53. The fraction of sp³-hybridized carbons (Fsp3) is 0.211. The summed E-state index contributed by atoms with van der Waals surface area (Å²) in [5, 5.41) is 10.7. The van der Waals surface area contributed by atoms with E-state index in [1.807, 2.05) is 18.3 Å². The van der Waals surface area contributed by atoms with E-state index in [0.717, 1.165) is 23.9 Å². The van der Waals surface area contributed by atoms with E-state index in [1.54, 1.807) is 0 Å². The zero-order valence-corrected chi connectivity index (χ0v) is 12.1. The predicted octanol–water partition coefficient (Wildman–Crippen LogP) is 4.58. The lowest BCUT2D eigenvalue weighted by Gasteiger charge is -2.09. The molecule has 0 amide bonds. The van der Waals surface area contributed by atoms with Gasteiger partial charge in [-0.05, 0) is 35.6 Å². The molecule has 1 N–H and O–H groups in total. The average molecular weight is 274 g/mol. The first-order chi connectivity index (χ1) is 10.3. The maximum absolute atomic E-state index is 9.52. The Morgan fingerprint density at radius 2 is 1.86 bits per heavy atom. The maximum atomic E-state index is 9.52. The summed E-state index contributed by atoms with van der Waals surface area (Å²) in [5.41, 5.74) is 4.74. The molecule has 2 heteroatoms. The van der Waals surface area contributed by atoms with Crippen LogP contribution in [-0.2, 0) is 12.8 Å². The van der Waals surface area contributed by atoms with Crippen molar-refractivity contribution in [3.63, 3.8) is 0 Å². The van der Waals surface area contributed by atoms with Crippen molar-refractivity contribution in [1.82, 2.24) is 4.98 Å². The minimum absolute atomic E-state index is 0.102. The normalized spacial score (nSPS) is 12.2. The number of hydrogen-bond acceptors (Lipinski definition) is 1. The first-order valence-electron chi connectivity index (χ1n) is 7.35. The number of fused-ring (bicyclic) bond motifs is 1. The molecule has 3 aromatic rings. The molecule has 1 atom stereocenters. The van der Waals surface area contributed by atoms with Crippen LogP contribution in [0.5, 0.6) is 0 Å². The van der Waals surface area contributed by atoms with Crippen LogP contribution in [0.2, 0.25) is 0 Å². The van der Waals surface area contributed by atoms with E-state index in [1.165, 1.54) is 16.5 Å². The number of aromatic amines is 1. The van der Waals surface area contributed by atoms with E-state index >= 15 is 0 Å². The SMILES string of the molecule is CCc1ccc(C(C#N)Cc2c[nH]c3ccccc23)cc1. The van der Waals surface area contributed by atoms with E-state index in [-0.39, 0.29) is 5.92 Å². The molecule has 0 saturated carbocycles. The van der Waals surface area contributed by atoms with Gasteiger partial charge in [-0.2, -0.15) is 5.26 Å². The molecule has 1 heterocycles. The summed E-state index contributed by atoms with van der Waals surface area (Å²) >= 11 is 0. The van der Waals surface area contributed by atoms with Crippen LogP contribution in [0.3, 0.4) is 0 Å². The molecule has 0 fully saturated rings. The molecule has 21 heavy (non-hydrogen) atoms. The smallest absolute Gasteiger partial charge is 0.0753 e. The van der Waals surface area contributed by atoms with Crippen molar-refractivity contribution in [1.29, 1.82) is 5.26 Å². The lowest BCUT2D eigenvalue weighted by atomic mass is 9.92. The topological polar surface area (TPSA) is 39.6 Å². The molecule has 0 bridgehead atoms. The van der Waals surface area contributed by atoms with E-state index in [2.05, 4.69) is 54.4 Å². The van der Waals surface area contributed by atoms with Gasteiger partial charge in [0.2, 0.25) is 0 Å². The van der Waals surface area contributed by atoms with Crippen LogP contribution in [0.4, 0.5) is 0 Å². The van der Waals surface area contributed by atoms with Gasteiger partial charge < -0.3 is 4.98 Å². The molecule has 0 aliphatic heterocycles. The van der Waals surface area contributed by atoms with Crippen molar-refractivity contribution in [2.24, 2.45) is 0 Å². The minimum atomic E-state index is -0.102. The average Bonchev–Trinajstić information content (AvgIpc) is 2.96. The van der Waals surface area contributed by atoms with Crippen LogP contribution in [0.1, 0.15) is 29.5 Å². The van der Waals surface area contributed by atoms with E-state index < -0.39 is 0 Å². The summed E-state index contributed by atoms with van der Waals surface area (Å²) in [6.07, 6.45) is 3.79. The van der Waals surface area contributed by atoms with Gasteiger partial charge in [-0.25, -0.2) is 0 Å². The number of aryl methyl sites for hydroxylation is 1. The molecule has 0 aliphatic carbocycles. The lowest BCUT2D eigenvalue weighted by Crippen LogP contribution is -2.00. The molecular formula is C19H18N2. The van der Waals surface area contributed by atoms with Crippen LogP contribution < -0.4 is 0 Å². The number of aromatic nitrogens is 1. The Labute approximate surface area is 125 Å². The summed E-state index contributed by atoms with van der Waals surface area (Å²) in [6, 6.07) is 19.1. The van der Waals surface area contributed by atoms with Crippen molar-refractivity contribution < 1.29 is 0 Å². The Kier molecular flexibility index (Phi) is 3.75. The third kappa shape index (κ3) is 2.68. The minimum Gasteiger partial charge on any atom is -0.361 e. The number of rotatable bonds is 4. The fourth-order valence-corrected chi connectivity index (χ4v) is 2.74. The quantitative estimate of drug-likeness (QED) is 0.743. The lowest BCUT2D eigenvalue weighted by molar-refractivity contribution is 0.853. The summed E-state index contributed by atoms with van der Waals surface area (Å²) < 4.78 is 0. The molecule has 2 aromatic carbocycles. The molecule has 0 aliphatic rings. The summed E-state index contributed by atoms with van der Waals surface area (Å²) in [5.74, 6) is -0.102. The second kappa shape index (κ2) is 5.85. The van der Waals surface area contributed by atoms with Crippen LogP contribution in [0.15, 0.2) is 54.7 Å². The number of benzene rings is 2. The third-order valence-electron chi connectivity index (χ3n) is 4.05. The van der Waals surface area contributed by atoms with Crippen LogP contribution in [-0.4, -0.2) is 4.98 Å². The van der Waals surface area contributed by atoms with Gasteiger partial charge in [0.25, 0.3) is 0 Å². The largest absolute Gasteiger partial charge is 0.361 e. The zero-order chi connectivity index (χ0) is 14.7. The molecule has 2 nitrogen and oxygen atoms in total. The van der Waals surface area contributed by atoms with Crippen LogP contribution >= 0.6 is 0 Å². The molecule has 0 saturated heterocycles. The Morgan fingerprint density at radius 1 is 1.10 bits per heavy atom. The van der Waals surface area contributed by atoms with Crippen molar-refractivity contribution in [3.8, 4) is 6.07 Å². The standard InChI is InChI=1S/C19H18N2/c1-2-14-7-9-15(10-8-14)16(12-20)11-17-13-21-19-6-4-3-5-18(17)19/h3-10,13,16,21H,2,11H2,1H3. The van der Waals surface area contributed by atoms with Gasteiger partial charge in [-0.1, -0.05) is 49.4 Å². The third-order valence-corrected chi connectivity index (χ3v) is 4.05. The fourth-order valence-electron chi connectivity index (χ4n) is 2.74. The summed E-state index contributed by atoms with van der Waals surface area (Å²) in [4.78, 5) is 3.28. The van der Waals surface area contributed by atoms with Gasteiger partial charge >= 0.3 is 0 Å². The van der Waals surface area contributed by atoms with Crippen molar-refractivity contribution in [3.05, 3.63) is 71.4 Å². The van der Waals surface area contributed by atoms with Gasteiger partial charge in [-0.15, -0.1) is 0 Å². The molecule has 104 valence electrons. The highest BCUT2D eigenvalue weighted by Crippen LogP contribution is 2.25. The summed E-state index contributed by atoms with van der Waals surface area (Å²) in [7, 11) is 0. The second-order valence-corrected chi connectivity index (χ2v) is 5.34. The molecule has 0 spiro atoms. The molecule has 3 rings (SSSR count). The Balaban J connectivity index is 1.88. The van der Waals surface area contributed by atoms with Crippen molar-refractivity contribution in [2.75, 3.05) is 0 Å². The number of para-hydroxylation sites is 1. The molecular weight excluding hydrogens is 256 g/mol. The monoisotopic (exact) mass is 274 g/mol. The Morgan fingerprint density at radius 3 is 2.57 bits per heavy atom. The number of nitrogens with zero attached hydrogens (tertiary/aromatic N) is 1. The Bertz CT molecular complexity index is 775. The van der Waals surface area contributed by atoms with Gasteiger partial charge in [0.05, 0.1) is 12.0 Å². The molecule has 1 aromatic heterocycles. The number of hydrogen-bond donors (Lipinski definition) is 1. The highest BCUT2D eigenvalue weighted by Gasteiger charge is 2.14. The highest BCUT2D eigenvalue weighted by molar-refractivity contribution is 5.83. The number of H-pyrrole nitrogens is 1. The second-order valence-electron chi connectivity index (χ2n) is 5.34. The van der Waals surface area contributed by atoms with Gasteiger partial charge in [0.1, 0.15) is 0 Å². The predicted molar refractivity (Wildman–Crippen MR) is 86.2 cm³/mol. The van der Waals surface area contributed by atoms with Crippen molar-refractivity contribution >= 4 is 10.9 Å². The van der Waals surface area contributed by atoms with E-state index in [9.17, 15) is 5.26 Å². The molecule has 0 radical (unpaired) electrons. The first-order valence-corrected chi connectivity index (χ1v) is 7.35. The van der Waals surface area contributed by atoms with Gasteiger partial charge in [0, 0.05) is 17.1 Å². The summed E-state index contributed by atoms with van der Waals surface area (Å²) in [6.45, 7) is 2.14. The number of nitriles is 1. The highest BCUT2D eigenvalue weighted by atomic mass is 14.7. The van der Waals surface area contributed by atoms with Gasteiger partial charge in [0.15, 0.2) is 0 Å². The number of nitrogens with one attached hydrogen (secondary N) is 1. The van der Waals surface area contributed by atoms with E-state index in [4.69, 9.17) is 0 Å².